The van der Waals surface area contributed by atoms with Gasteiger partial charge in [-0.1, -0.05) is 42.5 Å². The molecule has 0 unspecified atom stereocenters. The van der Waals surface area contributed by atoms with Crippen molar-refractivity contribution in [2.75, 3.05) is 0 Å². The van der Waals surface area contributed by atoms with Gasteiger partial charge >= 0.3 is 11.9 Å². The van der Waals surface area contributed by atoms with Gasteiger partial charge in [0.2, 0.25) is 0 Å². The highest BCUT2D eigenvalue weighted by molar-refractivity contribution is 6.03. The summed E-state index contributed by atoms with van der Waals surface area (Å²) in [7, 11) is 0. The molecule has 0 aliphatic rings. The van der Waals surface area contributed by atoms with Gasteiger partial charge in [0.25, 0.3) is 0 Å². The number of carboxylic acids is 2. The minimum Gasteiger partial charge on any atom is -0.478 e. The van der Waals surface area contributed by atoms with Gasteiger partial charge in [-0.2, -0.15) is 0 Å². The standard InChI is InChI=1S/C18H16O4/c1-2-6-13-9-10-14(17(19)20)16(18(21)22)15(13)11-12-7-4-3-5-8-12/h2-5,7-10H,1,6,11H2,(H,19,20)(H,21,22). The van der Waals surface area contributed by atoms with E-state index in [9.17, 15) is 19.8 Å². The van der Waals surface area contributed by atoms with Crippen molar-refractivity contribution in [3.05, 3.63) is 82.9 Å². The summed E-state index contributed by atoms with van der Waals surface area (Å²) in [6.07, 6.45) is 2.53. The first kappa shape index (κ1) is 15.5. The van der Waals surface area contributed by atoms with E-state index in [1.54, 1.807) is 12.1 Å². The lowest BCUT2D eigenvalue weighted by atomic mass is 9.90. The molecule has 4 nitrogen and oxygen atoms in total. The van der Waals surface area contributed by atoms with Crippen LogP contribution in [-0.2, 0) is 12.8 Å². The van der Waals surface area contributed by atoms with E-state index in [-0.39, 0.29) is 11.1 Å². The summed E-state index contributed by atoms with van der Waals surface area (Å²) < 4.78 is 0. The normalized spacial score (nSPS) is 10.2. The Kier molecular flexibility index (Phi) is 4.73. The highest BCUT2D eigenvalue weighted by Gasteiger charge is 2.22. The molecule has 0 aliphatic heterocycles. The summed E-state index contributed by atoms with van der Waals surface area (Å²) in [6.45, 7) is 3.67. The second kappa shape index (κ2) is 6.72. The summed E-state index contributed by atoms with van der Waals surface area (Å²) in [4.78, 5) is 22.9. The molecule has 4 heteroatoms. The summed E-state index contributed by atoms with van der Waals surface area (Å²) in [5.41, 5.74) is 1.90. The van der Waals surface area contributed by atoms with E-state index >= 15 is 0 Å². The number of aromatic carboxylic acids is 2. The Morgan fingerprint density at radius 1 is 1.00 bits per heavy atom. The van der Waals surface area contributed by atoms with E-state index in [1.165, 1.54) is 6.07 Å². The van der Waals surface area contributed by atoms with Crippen molar-refractivity contribution in [1.29, 1.82) is 0 Å². The molecule has 0 aromatic heterocycles. The molecule has 22 heavy (non-hydrogen) atoms. The number of hydrogen-bond donors (Lipinski definition) is 2. The van der Waals surface area contributed by atoms with E-state index in [4.69, 9.17) is 0 Å². The van der Waals surface area contributed by atoms with Crippen LogP contribution in [0.25, 0.3) is 0 Å². The first-order valence-corrected chi connectivity index (χ1v) is 6.80. The van der Waals surface area contributed by atoms with Gasteiger partial charge in [-0.25, -0.2) is 9.59 Å². The molecule has 0 fully saturated rings. The Labute approximate surface area is 128 Å². The van der Waals surface area contributed by atoms with E-state index < -0.39 is 11.9 Å². The Morgan fingerprint density at radius 2 is 1.68 bits per heavy atom. The highest BCUT2D eigenvalue weighted by atomic mass is 16.4. The van der Waals surface area contributed by atoms with Gasteiger partial charge in [0.05, 0.1) is 11.1 Å². The molecule has 2 N–H and O–H groups in total. The molecule has 2 rings (SSSR count). The van der Waals surface area contributed by atoms with E-state index in [0.717, 1.165) is 11.1 Å². The lowest BCUT2D eigenvalue weighted by Crippen LogP contribution is -2.14. The third-order valence-electron chi connectivity index (χ3n) is 3.44. The zero-order chi connectivity index (χ0) is 16.1. The van der Waals surface area contributed by atoms with Crippen LogP contribution in [0.15, 0.2) is 55.1 Å². The number of carbonyl (C=O) groups is 2. The maximum absolute atomic E-state index is 11.6. The first-order valence-electron chi connectivity index (χ1n) is 6.80. The van der Waals surface area contributed by atoms with Crippen LogP contribution in [0, 0.1) is 0 Å². The second-order valence-corrected chi connectivity index (χ2v) is 4.89. The molecule has 0 saturated carbocycles. The SMILES string of the molecule is C=CCc1ccc(C(=O)O)c(C(=O)O)c1Cc1ccccc1. The maximum Gasteiger partial charge on any atom is 0.336 e. The van der Waals surface area contributed by atoms with Crippen molar-refractivity contribution in [2.45, 2.75) is 12.8 Å². The predicted molar refractivity (Wildman–Crippen MR) is 83.5 cm³/mol. The molecule has 0 amide bonds. The largest absolute Gasteiger partial charge is 0.478 e. The number of benzene rings is 2. The molecule has 112 valence electrons. The molecule has 0 aliphatic carbocycles. The number of hydrogen-bond acceptors (Lipinski definition) is 2. The van der Waals surface area contributed by atoms with Crippen LogP contribution in [-0.4, -0.2) is 22.2 Å². The quantitative estimate of drug-likeness (QED) is 0.801. The average Bonchev–Trinajstić information content (AvgIpc) is 2.49. The molecule has 0 heterocycles. The van der Waals surface area contributed by atoms with Crippen molar-refractivity contribution in [3.63, 3.8) is 0 Å². The van der Waals surface area contributed by atoms with Gasteiger partial charge in [-0.3, -0.25) is 0 Å². The van der Waals surface area contributed by atoms with Crippen molar-refractivity contribution >= 4 is 11.9 Å². The van der Waals surface area contributed by atoms with Crippen LogP contribution in [0.3, 0.4) is 0 Å². The third-order valence-corrected chi connectivity index (χ3v) is 3.44. The van der Waals surface area contributed by atoms with Gasteiger partial charge in [-0.05, 0) is 35.6 Å². The molecule has 0 bridgehead atoms. The monoisotopic (exact) mass is 296 g/mol. The molecule has 2 aromatic rings. The summed E-state index contributed by atoms with van der Waals surface area (Å²) in [5.74, 6) is -2.47. The van der Waals surface area contributed by atoms with Crippen LogP contribution in [0.4, 0.5) is 0 Å². The van der Waals surface area contributed by atoms with E-state index in [0.29, 0.717) is 18.4 Å². The minimum absolute atomic E-state index is 0.143. The average molecular weight is 296 g/mol. The Hall–Kier alpha value is -2.88. The number of rotatable bonds is 6. The predicted octanol–water partition coefficient (Wildman–Crippen LogP) is 3.40. The van der Waals surface area contributed by atoms with Crippen LogP contribution >= 0.6 is 0 Å². The van der Waals surface area contributed by atoms with E-state index in [1.807, 2.05) is 30.3 Å². The minimum atomic E-state index is -1.24. The highest BCUT2D eigenvalue weighted by Crippen LogP contribution is 2.24. The molecule has 0 saturated heterocycles. The van der Waals surface area contributed by atoms with Crippen molar-refractivity contribution in [1.82, 2.24) is 0 Å². The summed E-state index contributed by atoms with van der Waals surface area (Å²) >= 11 is 0. The lowest BCUT2D eigenvalue weighted by Gasteiger charge is -2.14. The summed E-state index contributed by atoms with van der Waals surface area (Å²) in [6, 6.07) is 12.4. The maximum atomic E-state index is 11.6. The van der Waals surface area contributed by atoms with Crippen molar-refractivity contribution < 1.29 is 19.8 Å². The first-order chi connectivity index (χ1) is 10.5. The third kappa shape index (κ3) is 3.23. The van der Waals surface area contributed by atoms with Crippen LogP contribution in [0.1, 0.15) is 37.4 Å². The van der Waals surface area contributed by atoms with Crippen molar-refractivity contribution in [2.24, 2.45) is 0 Å². The fraction of sp³-hybridized carbons (Fsp3) is 0.111. The Morgan fingerprint density at radius 3 is 2.23 bits per heavy atom. The zero-order valence-electron chi connectivity index (χ0n) is 12.0. The van der Waals surface area contributed by atoms with Crippen LogP contribution in [0.5, 0.6) is 0 Å². The van der Waals surface area contributed by atoms with Gasteiger partial charge in [-0.15, -0.1) is 6.58 Å². The zero-order valence-corrected chi connectivity index (χ0v) is 12.0. The topological polar surface area (TPSA) is 74.6 Å². The van der Waals surface area contributed by atoms with Gasteiger partial charge < -0.3 is 10.2 Å². The van der Waals surface area contributed by atoms with Crippen LogP contribution in [0.2, 0.25) is 0 Å². The van der Waals surface area contributed by atoms with Gasteiger partial charge in [0.1, 0.15) is 0 Å². The van der Waals surface area contributed by atoms with Gasteiger partial charge in [0, 0.05) is 0 Å². The molecular weight excluding hydrogens is 280 g/mol. The van der Waals surface area contributed by atoms with Crippen LogP contribution < -0.4 is 0 Å². The van der Waals surface area contributed by atoms with Crippen molar-refractivity contribution in [3.8, 4) is 0 Å². The molecule has 2 aromatic carbocycles. The van der Waals surface area contributed by atoms with E-state index in [2.05, 4.69) is 6.58 Å². The summed E-state index contributed by atoms with van der Waals surface area (Å²) in [5, 5.41) is 18.7. The fourth-order valence-electron chi connectivity index (χ4n) is 2.46. The number of allylic oxidation sites excluding steroid dienone is 1. The second-order valence-electron chi connectivity index (χ2n) is 4.89. The van der Waals surface area contributed by atoms with Gasteiger partial charge in [0.15, 0.2) is 0 Å². The Balaban J connectivity index is 2.64. The smallest absolute Gasteiger partial charge is 0.336 e. The molecule has 0 atom stereocenters. The molecule has 0 spiro atoms. The number of carboxylic acid groups (broad SMARTS) is 2. The fourth-order valence-corrected chi connectivity index (χ4v) is 2.46. The Bertz CT molecular complexity index is 717. The molecule has 0 radical (unpaired) electrons. The molecular formula is C18H16O4. The lowest BCUT2D eigenvalue weighted by molar-refractivity contribution is 0.0650.